The topological polar surface area (TPSA) is 35.5 Å². The van der Waals surface area contributed by atoms with Crippen LogP contribution >= 0.6 is 0 Å². The fraction of sp³-hybridized carbons (Fsp3) is 0.640. The second kappa shape index (κ2) is 13.4. The second-order valence-electron chi connectivity index (χ2n) is 7.77. The number of carbonyl (C=O) groups excluding carboxylic acids is 1. The number of hydrogen-bond acceptors (Lipinski definition) is 3. The van der Waals surface area contributed by atoms with Gasteiger partial charge in [-0.25, -0.2) is 4.79 Å². The zero-order chi connectivity index (χ0) is 20.0. The van der Waals surface area contributed by atoms with E-state index in [1.54, 1.807) is 0 Å². The van der Waals surface area contributed by atoms with Crippen molar-refractivity contribution < 1.29 is 14.3 Å². The molecule has 0 bridgehead atoms. The van der Waals surface area contributed by atoms with Crippen LogP contribution in [-0.2, 0) is 9.53 Å². The number of benzene rings is 1. The molecule has 0 heterocycles. The Kier molecular flexibility index (Phi) is 10.8. The minimum atomic E-state index is -0.504. The lowest BCUT2D eigenvalue weighted by Crippen LogP contribution is -2.29. The van der Waals surface area contributed by atoms with Crippen molar-refractivity contribution in [2.75, 3.05) is 6.61 Å². The van der Waals surface area contributed by atoms with Crippen molar-refractivity contribution in [1.29, 1.82) is 0 Å². The molecule has 2 rings (SSSR count). The number of esters is 1. The van der Waals surface area contributed by atoms with Gasteiger partial charge in [-0.05, 0) is 68.7 Å². The second-order valence-corrected chi connectivity index (χ2v) is 7.77. The molecule has 0 N–H and O–H groups in total. The van der Waals surface area contributed by atoms with Gasteiger partial charge < -0.3 is 9.47 Å². The molecule has 156 valence electrons. The zero-order valence-corrected chi connectivity index (χ0v) is 17.9. The molecule has 0 saturated heterocycles. The largest absolute Gasteiger partial charge is 0.479 e. The molecule has 28 heavy (non-hydrogen) atoms. The summed E-state index contributed by atoms with van der Waals surface area (Å²) in [4.78, 5) is 12.3. The highest BCUT2D eigenvalue weighted by Crippen LogP contribution is 2.28. The number of hydrogen-bond donors (Lipinski definition) is 0. The summed E-state index contributed by atoms with van der Waals surface area (Å²) in [7, 11) is 0. The van der Waals surface area contributed by atoms with E-state index in [1.165, 1.54) is 62.5 Å². The average Bonchev–Trinajstić information content (AvgIpc) is 2.73. The molecular formula is C25H38O3. The van der Waals surface area contributed by atoms with E-state index in [0.29, 0.717) is 6.61 Å². The van der Waals surface area contributed by atoms with Crippen molar-refractivity contribution in [1.82, 2.24) is 0 Å². The van der Waals surface area contributed by atoms with E-state index in [9.17, 15) is 4.79 Å². The molecule has 0 spiro atoms. The van der Waals surface area contributed by atoms with E-state index in [0.717, 1.165) is 31.4 Å². The Balaban J connectivity index is 1.85. The maximum absolute atomic E-state index is 12.3. The molecule has 1 aromatic carbocycles. The van der Waals surface area contributed by atoms with Crippen LogP contribution in [0.4, 0.5) is 0 Å². The van der Waals surface area contributed by atoms with Crippen molar-refractivity contribution in [2.45, 2.75) is 97.0 Å². The molecule has 1 aliphatic rings. The number of allylic oxidation sites excluding steroid dienone is 2. The summed E-state index contributed by atoms with van der Waals surface area (Å²) in [6.07, 6.45) is 16.1. The molecular weight excluding hydrogens is 348 g/mol. The third-order valence-electron chi connectivity index (χ3n) is 5.41. The lowest BCUT2D eigenvalue weighted by molar-refractivity contribution is -0.151. The standard InChI is InChI=1S/C25H38O3/c1-3-5-6-7-8-9-13-16-24(25(26)27-4-2)28-23-19-17-22(18-20-23)21-14-11-10-12-15-21/h14,17-20,24H,3-13,15-16H2,1-2H3. The first kappa shape index (κ1) is 22.5. The Labute approximate surface area is 171 Å². The molecule has 3 heteroatoms. The molecule has 0 fully saturated rings. The number of carbonyl (C=O) groups is 1. The van der Waals surface area contributed by atoms with Crippen LogP contribution in [0.3, 0.4) is 0 Å². The molecule has 1 aromatic rings. The van der Waals surface area contributed by atoms with Gasteiger partial charge in [-0.2, -0.15) is 0 Å². The fourth-order valence-electron chi connectivity index (χ4n) is 3.76. The van der Waals surface area contributed by atoms with Crippen LogP contribution in [0.5, 0.6) is 5.75 Å². The first-order valence-corrected chi connectivity index (χ1v) is 11.4. The quantitative estimate of drug-likeness (QED) is 0.268. The van der Waals surface area contributed by atoms with E-state index in [2.05, 4.69) is 25.1 Å². The Morgan fingerprint density at radius 2 is 1.68 bits per heavy atom. The summed E-state index contributed by atoms with van der Waals surface area (Å²) in [5, 5.41) is 0. The normalized spacial score (nSPS) is 15.0. The molecule has 0 aliphatic heterocycles. The van der Waals surface area contributed by atoms with Crippen molar-refractivity contribution >= 4 is 11.5 Å². The van der Waals surface area contributed by atoms with Crippen LogP contribution in [-0.4, -0.2) is 18.7 Å². The van der Waals surface area contributed by atoms with Crippen LogP contribution in [0.15, 0.2) is 30.3 Å². The highest BCUT2D eigenvalue weighted by molar-refractivity contribution is 5.75. The van der Waals surface area contributed by atoms with Crippen molar-refractivity contribution in [3.8, 4) is 5.75 Å². The van der Waals surface area contributed by atoms with Gasteiger partial charge in [0.2, 0.25) is 0 Å². The lowest BCUT2D eigenvalue weighted by atomic mass is 9.94. The zero-order valence-electron chi connectivity index (χ0n) is 17.9. The summed E-state index contributed by atoms with van der Waals surface area (Å²) in [5.74, 6) is 0.508. The Hall–Kier alpha value is -1.77. The van der Waals surface area contributed by atoms with Crippen LogP contribution in [0.2, 0.25) is 0 Å². The number of rotatable bonds is 13. The number of ether oxygens (including phenoxy) is 2. The van der Waals surface area contributed by atoms with Crippen LogP contribution in [0.25, 0.3) is 5.57 Å². The van der Waals surface area contributed by atoms with Crippen LogP contribution < -0.4 is 4.74 Å². The predicted octanol–water partition coefficient (Wildman–Crippen LogP) is 7.10. The van der Waals surface area contributed by atoms with Crippen molar-refractivity contribution in [2.24, 2.45) is 0 Å². The summed E-state index contributed by atoms with van der Waals surface area (Å²) in [5.41, 5.74) is 2.70. The molecule has 1 unspecified atom stereocenters. The molecule has 1 aliphatic carbocycles. The Morgan fingerprint density at radius 3 is 2.32 bits per heavy atom. The molecule has 0 saturated carbocycles. The Morgan fingerprint density at radius 1 is 0.964 bits per heavy atom. The first-order chi connectivity index (χ1) is 13.7. The first-order valence-electron chi connectivity index (χ1n) is 11.4. The van der Waals surface area contributed by atoms with Gasteiger partial charge in [0.25, 0.3) is 0 Å². The van der Waals surface area contributed by atoms with Gasteiger partial charge in [0, 0.05) is 0 Å². The van der Waals surface area contributed by atoms with Gasteiger partial charge in [-0.3, -0.25) is 0 Å². The van der Waals surface area contributed by atoms with Gasteiger partial charge in [0.1, 0.15) is 5.75 Å². The Bertz CT molecular complexity index is 588. The van der Waals surface area contributed by atoms with Crippen LogP contribution in [0.1, 0.15) is 96.5 Å². The molecule has 1 atom stereocenters. The average molecular weight is 387 g/mol. The third kappa shape index (κ3) is 8.08. The monoisotopic (exact) mass is 386 g/mol. The number of unbranched alkanes of at least 4 members (excludes halogenated alkanes) is 6. The fourth-order valence-corrected chi connectivity index (χ4v) is 3.76. The summed E-state index contributed by atoms with van der Waals surface area (Å²) in [6, 6.07) is 8.20. The molecule has 3 nitrogen and oxygen atoms in total. The van der Waals surface area contributed by atoms with Gasteiger partial charge >= 0.3 is 5.97 Å². The van der Waals surface area contributed by atoms with Gasteiger partial charge in [-0.15, -0.1) is 0 Å². The molecule has 0 aromatic heterocycles. The van der Waals surface area contributed by atoms with E-state index >= 15 is 0 Å². The maximum Gasteiger partial charge on any atom is 0.347 e. The predicted molar refractivity (Wildman–Crippen MR) is 117 cm³/mol. The van der Waals surface area contributed by atoms with Gasteiger partial charge in [0.15, 0.2) is 6.10 Å². The molecule has 0 amide bonds. The molecule has 0 radical (unpaired) electrons. The van der Waals surface area contributed by atoms with Crippen molar-refractivity contribution in [3.63, 3.8) is 0 Å². The van der Waals surface area contributed by atoms with Crippen molar-refractivity contribution in [3.05, 3.63) is 35.9 Å². The summed E-state index contributed by atoms with van der Waals surface area (Å²) < 4.78 is 11.3. The summed E-state index contributed by atoms with van der Waals surface area (Å²) >= 11 is 0. The highest BCUT2D eigenvalue weighted by atomic mass is 16.6. The highest BCUT2D eigenvalue weighted by Gasteiger charge is 2.21. The van der Waals surface area contributed by atoms with Gasteiger partial charge in [-0.1, -0.05) is 63.7 Å². The SMILES string of the molecule is CCCCCCCCCC(Oc1ccc(C2=CCCCC2)cc1)C(=O)OCC. The minimum absolute atomic E-state index is 0.243. The van der Waals surface area contributed by atoms with E-state index in [4.69, 9.17) is 9.47 Å². The maximum atomic E-state index is 12.3. The van der Waals surface area contributed by atoms with Gasteiger partial charge in [0.05, 0.1) is 6.61 Å². The third-order valence-corrected chi connectivity index (χ3v) is 5.41. The van der Waals surface area contributed by atoms with E-state index in [-0.39, 0.29) is 5.97 Å². The van der Waals surface area contributed by atoms with E-state index < -0.39 is 6.10 Å². The summed E-state index contributed by atoms with van der Waals surface area (Å²) in [6.45, 7) is 4.47. The van der Waals surface area contributed by atoms with E-state index in [1.807, 2.05) is 19.1 Å². The smallest absolute Gasteiger partial charge is 0.347 e. The van der Waals surface area contributed by atoms with Crippen LogP contribution in [0, 0.1) is 0 Å². The minimum Gasteiger partial charge on any atom is -0.479 e. The lowest BCUT2D eigenvalue weighted by Gasteiger charge is -2.18.